The van der Waals surface area contributed by atoms with Crippen molar-refractivity contribution in [3.63, 3.8) is 0 Å². The largest absolute Gasteiger partial charge is 0.299 e. The van der Waals surface area contributed by atoms with E-state index in [0.717, 1.165) is 11.9 Å². The van der Waals surface area contributed by atoms with Gasteiger partial charge in [0.25, 0.3) is 0 Å². The molecule has 0 aliphatic heterocycles. The molecule has 0 radical (unpaired) electrons. The first-order chi connectivity index (χ1) is 13.7. The fourth-order valence-corrected chi connectivity index (χ4v) is 3.23. The molecule has 0 saturated carbocycles. The predicted molar refractivity (Wildman–Crippen MR) is 120 cm³/mol. The second-order valence-electron chi connectivity index (χ2n) is 8.05. The Labute approximate surface area is 175 Å². The van der Waals surface area contributed by atoms with E-state index in [-0.39, 0.29) is 17.0 Å². The lowest BCUT2D eigenvalue weighted by Crippen LogP contribution is -2.19. The molecule has 154 valence electrons. The molecule has 29 heavy (non-hydrogen) atoms. The maximum absolute atomic E-state index is 10.3. The van der Waals surface area contributed by atoms with Crippen LogP contribution in [0.25, 0.3) is 0 Å². The maximum atomic E-state index is 10.3. The van der Waals surface area contributed by atoms with Crippen molar-refractivity contribution >= 4 is 17.9 Å². The highest BCUT2D eigenvalue weighted by Gasteiger charge is 2.26. The SMILES string of the molecule is CC1=C(/C=C/C(C)=C/C=C/C(C)=C/C=O)C(C)(C)CCC1.O=C1C=CC(=O)C=C1. The quantitative estimate of drug-likeness (QED) is 0.251. The first-order valence-corrected chi connectivity index (χ1v) is 9.95. The van der Waals surface area contributed by atoms with Gasteiger partial charge in [-0.1, -0.05) is 55.4 Å². The third-order valence-corrected chi connectivity index (χ3v) is 4.93. The molecule has 0 fully saturated rings. The number of ketones is 2. The monoisotopic (exact) mass is 392 g/mol. The van der Waals surface area contributed by atoms with Crippen LogP contribution in [0.1, 0.15) is 53.9 Å². The van der Waals surface area contributed by atoms with Crippen molar-refractivity contribution in [1.82, 2.24) is 0 Å². The molecule has 0 atom stereocenters. The number of allylic oxidation sites excluding steroid dienone is 14. The van der Waals surface area contributed by atoms with E-state index in [0.29, 0.717) is 0 Å². The molecular formula is C26H32O3. The molecule has 0 aromatic heterocycles. The zero-order valence-electron chi connectivity index (χ0n) is 18.2. The van der Waals surface area contributed by atoms with Gasteiger partial charge in [0.1, 0.15) is 6.29 Å². The molecule has 0 aromatic rings. The summed E-state index contributed by atoms with van der Waals surface area (Å²) in [5, 5.41) is 0. The van der Waals surface area contributed by atoms with Gasteiger partial charge < -0.3 is 0 Å². The summed E-state index contributed by atoms with van der Waals surface area (Å²) in [6.07, 6.45) is 21.7. The number of hydrogen-bond donors (Lipinski definition) is 0. The number of aldehydes is 1. The molecule has 2 aliphatic rings. The minimum absolute atomic E-state index is 0.121. The second kappa shape index (κ2) is 11.9. The van der Waals surface area contributed by atoms with Gasteiger partial charge in [0.15, 0.2) is 11.6 Å². The van der Waals surface area contributed by atoms with Gasteiger partial charge in [0, 0.05) is 0 Å². The van der Waals surface area contributed by atoms with Crippen LogP contribution in [0.5, 0.6) is 0 Å². The summed E-state index contributed by atoms with van der Waals surface area (Å²) >= 11 is 0. The number of hydrogen-bond acceptors (Lipinski definition) is 3. The fraction of sp³-hybridized carbons (Fsp3) is 0.346. The summed E-state index contributed by atoms with van der Waals surface area (Å²) in [4.78, 5) is 30.9. The zero-order valence-corrected chi connectivity index (χ0v) is 18.2. The van der Waals surface area contributed by atoms with Crippen LogP contribution in [0.2, 0.25) is 0 Å². The summed E-state index contributed by atoms with van der Waals surface area (Å²) in [7, 11) is 0. The molecule has 0 heterocycles. The van der Waals surface area contributed by atoms with Crippen molar-refractivity contribution in [2.24, 2.45) is 5.41 Å². The van der Waals surface area contributed by atoms with Crippen LogP contribution in [-0.4, -0.2) is 17.9 Å². The molecule has 2 aliphatic carbocycles. The van der Waals surface area contributed by atoms with Crippen molar-refractivity contribution in [1.29, 1.82) is 0 Å². The third kappa shape index (κ3) is 9.29. The first kappa shape index (κ1) is 24.2. The van der Waals surface area contributed by atoms with E-state index >= 15 is 0 Å². The van der Waals surface area contributed by atoms with Crippen molar-refractivity contribution in [3.8, 4) is 0 Å². The van der Waals surface area contributed by atoms with E-state index in [9.17, 15) is 14.4 Å². The molecule has 0 amide bonds. The standard InChI is InChI=1S/C20H28O.C6H4O2/c1-16(8-6-9-17(2)13-15-21)11-12-19-18(3)10-7-14-20(19,4)5;7-5-1-2-6(8)4-3-5/h6,8-9,11-13,15H,7,10,14H2,1-5H3;1-4H/b9-6+,12-11+,16-8+,17-13+;. The summed E-state index contributed by atoms with van der Waals surface area (Å²) in [5.74, 6) is -0.241. The van der Waals surface area contributed by atoms with E-state index < -0.39 is 0 Å². The van der Waals surface area contributed by atoms with Gasteiger partial charge in [0.2, 0.25) is 0 Å². The van der Waals surface area contributed by atoms with Crippen LogP contribution in [0.4, 0.5) is 0 Å². The van der Waals surface area contributed by atoms with Gasteiger partial charge in [-0.3, -0.25) is 14.4 Å². The minimum atomic E-state index is -0.121. The summed E-state index contributed by atoms with van der Waals surface area (Å²) in [6, 6.07) is 0. The summed E-state index contributed by atoms with van der Waals surface area (Å²) in [6.45, 7) is 10.9. The molecule has 0 N–H and O–H groups in total. The van der Waals surface area contributed by atoms with Crippen LogP contribution in [0.15, 0.2) is 83.1 Å². The smallest absolute Gasteiger partial charge is 0.178 e. The predicted octanol–water partition coefficient (Wildman–Crippen LogP) is 5.97. The zero-order chi connectivity index (χ0) is 21.9. The van der Waals surface area contributed by atoms with Crippen LogP contribution in [0, 0.1) is 5.41 Å². The van der Waals surface area contributed by atoms with Crippen LogP contribution < -0.4 is 0 Å². The van der Waals surface area contributed by atoms with E-state index in [1.54, 1.807) is 6.08 Å². The fourth-order valence-electron chi connectivity index (χ4n) is 3.23. The molecular weight excluding hydrogens is 360 g/mol. The summed E-state index contributed by atoms with van der Waals surface area (Å²) in [5.41, 5.74) is 5.48. The molecule has 2 rings (SSSR count). The van der Waals surface area contributed by atoms with Gasteiger partial charge >= 0.3 is 0 Å². The van der Waals surface area contributed by atoms with Crippen LogP contribution in [-0.2, 0) is 14.4 Å². The van der Waals surface area contributed by atoms with Gasteiger partial charge in [0.05, 0.1) is 0 Å². The Bertz CT molecular complexity index is 799. The molecule has 3 heteroatoms. The highest BCUT2D eigenvalue weighted by Crippen LogP contribution is 2.40. The lowest BCUT2D eigenvalue weighted by molar-refractivity contribution is -0.113. The Morgan fingerprint density at radius 1 is 0.931 bits per heavy atom. The molecule has 0 bridgehead atoms. The summed E-state index contributed by atoms with van der Waals surface area (Å²) < 4.78 is 0. The Kier molecular flexibility index (Phi) is 9.94. The highest BCUT2D eigenvalue weighted by atomic mass is 16.1. The average Bonchev–Trinajstić information content (AvgIpc) is 2.64. The van der Waals surface area contributed by atoms with Crippen LogP contribution in [0.3, 0.4) is 0 Å². The first-order valence-electron chi connectivity index (χ1n) is 9.95. The normalized spacial score (nSPS) is 19.8. The van der Waals surface area contributed by atoms with Gasteiger partial charge in [-0.25, -0.2) is 0 Å². The number of carbonyl (C=O) groups excluding carboxylic acids is 3. The van der Waals surface area contributed by atoms with Crippen molar-refractivity contribution in [2.75, 3.05) is 0 Å². The Morgan fingerprint density at radius 3 is 2.00 bits per heavy atom. The lowest BCUT2D eigenvalue weighted by atomic mass is 9.72. The molecule has 0 spiro atoms. The van der Waals surface area contributed by atoms with Crippen molar-refractivity contribution < 1.29 is 14.4 Å². The number of carbonyl (C=O) groups is 3. The topological polar surface area (TPSA) is 51.2 Å². The second-order valence-corrected chi connectivity index (χ2v) is 8.05. The Morgan fingerprint density at radius 2 is 1.48 bits per heavy atom. The molecule has 3 nitrogen and oxygen atoms in total. The number of rotatable bonds is 5. The highest BCUT2D eigenvalue weighted by molar-refractivity contribution is 6.14. The lowest BCUT2D eigenvalue weighted by Gasteiger charge is -2.32. The van der Waals surface area contributed by atoms with Gasteiger partial charge in [-0.2, -0.15) is 0 Å². The van der Waals surface area contributed by atoms with Gasteiger partial charge in [-0.15, -0.1) is 0 Å². The molecule has 0 aromatic carbocycles. The van der Waals surface area contributed by atoms with E-state index in [1.165, 1.54) is 60.3 Å². The van der Waals surface area contributed by atoms with Gasteiger partial charge in [-0.05, 0) is 87.0 Å². The minimum Gasteiger partial charge on any atom is -0.299 e. The van der Waals surface area contributed by atoms with E-state index in [2.05, 4.69) is 45.9 Å². The Hall–Kier alpha value is -2.81. The Balaban J connectivity index is 0.000000436. The molecule has 0 unspecified atom stereocenters. The van der Waals surface area contributed by atoms with E-state index in [4.69, 9.17) is 0 Å². The third-order valence-electron chi connectivity index (χ3n) is 4.93. The van der Waals surface area contributed by atoms with Crippen molar-refractivity contribution in [2.45, 2.75) is 53.9 Å². The maximum Gasteiger partial charge on any atom is 0.178 e. The van der Waals surface area contributed by atoms with Crippen molar-refractivity contribution in [3.05, 3.63) is 83.1 Å². The molecule has 0 saturated heterocycles. The van der Waals surface area contributed by atoms with Crippen LogP contribution >= 0.6 is 0 Å². The average molecular weight is 393 g/mol. The van der Waals surface area contributed by atoms with E-state index in [1.807, 2.05) is 19.1 Å².